The number of amides is 2. The lowest BCUT2D eigenvalue weighted by atomic mass is 9.93. The van der Waals surface area contributed by atoms with Crippen LogP contribution in [0.5, 0.6) is 0 Å². The van der Waals surface area contributed by atoms with Gasteiger partial charge in [0.15, 0.2) is 0 Å². The molecule has 4 rings (SSSR count). The van der Waals surface area contributed by atoms with E-state index >= 15 is 0 Å². The Balaban J connectivity index is 1.54. The van der Waals surface area contributed by atoms with Gasteiger partial charge in [-0.1, -0.05) is 57.3 Å². The smallest absolute Gasteiger partial charge is 0.245 e. The maximum absolute atomic E-state index is 13.5. The van der Waals surface area contributed by atoms with Gasteiger partial charge in [0.25, 0.3) is 0 Å². The Morgan fingerprint density at radius 2 is 1.79 bits per heavy atom. The molecule has 0 radical (unpaired) electrons. The quantitative estimate of drug-likeness (QED) is 0.522. The number of halogens is 3. The molecular weight excluding hydrogens is 525 g/mol. The molecule has 2 N–H and O–H groups in total. The van der Waals surface area contributed by atoms with Gasteiger partial charge < -0.3 is 15.5 Å². The number of hydrogen-bond donors (Lipinski definition) is 2. The van der Waals surface area contributed by atoms with Crippen LogP contribution in [0.1, 0.15) is 36.8 Å². The normalized spacial score (nSPS) is 18.6. The van der Waals surface area contributed by atoms with Crippen molar-refractivity contribution in [3.8, 4) is 0 Å². The van der Waals surface area contributed by atoms with Gasteiger partial charge in [0.2, 0.25) is 11.8 Å². The zero-order valence-corrected chi connectivity index (χ0v) is 21.6. The second kappa shape index (κ2) is 10.3. The van der Waals surface area contributed by atoms with E-state index in [1.54, 1.807) is 12.1 Å². The van der Waals surface area contributed by atoms with Crippen LogP contribution in [0.4, 0.5) is 0 Å². The third-order valence-electron chi connectivity index (χ3n) is 6.80. The van der Waals surface area contributed by atoms with Crippen LogP contribution in [0.3, 0.4) is 0 Å². The van der Waals surface area contributed by atoms with Crippen LogP contribution in [-0.4, -0.2) is 48.9 Å². The van der Waals surface area contributed by atoms with Crippen molar-refractivity contribution in [3.05, 3.63) is 68.1 Å². The van der Waals surface area contributed by atoms with Crippen molar-refractivity contribution in [2.75, 3.05) is 20.1 Å². The fourth-order valence-electron chi connectivity index (χ4n) is 4.58. The molecule has 176 valence electrons. The average Bonchev–Trinajstić information content (AvgIpc) is 3.61. The number of hydrogen-bond acceptors (Lipinski definition) is 3. The van der Waals surface area contributed by atoms with Gasteiger partial charge in [-0.3, -0.25) is 9.59 Å². The minimum atomic E-state index is -0.695. The van der Waals surface area contributed by atoms with E-state index in [4.69, 9.17) is 23.2 Å². The van der Waals surface area contributed by atoms with Gasteiger partial charge in [0.05, 0.1) is 5.41 Å². The van der Waals surface area contributed by atoms with E-state index in [1.807, 2.05) is 42.3 Å². The molecule has 2 amide bonds. The highest BCUT2D eigenvalue weighted by Gasteiger charge is 2.53. The average molecular weight is 553 g/mol. The summed E-state index contributed by atoms with van der Waals surface area (Å²) in [5, 5.41) is 7.41. The first-order chi connectivity index (χ1) is 15.8. The maximum atomic E-state index is 13.5. The number of likely N-dealkylation sites (tertiary alicyclic amines) is 1. The zero-order valence-electron chi connectivity index (χ0n) is 18.5. The molecule has 0 unspecified atom stereocenters. The Bertz CT molecular complexity index is 1020. The van der Waals surface area contributed by atoms with Crippen LogP contribution in [0.15, 0.2) is 46.9 Å². The van der Waals surface area contributed by atoms with Crippen LogP contribution >= 0.6 is 39.1 Å². The number of piperidine rings is 1. The van der Waals surface area contributed by atoms with Gasteiger partial charge in [-0.05, 0) is 68.1 Å². The minimum absolute atomic E-state index is 0.0289. The molecule has 2 aromatic rings. The molecule has 1 saturated heterocycles. The second-order valence-corrected chi connectivity index (χ2v) is 10.7. The molecule has 1 saturated carbocycles. The summed E-state index contributed by atoms with van der Waals surface area (Å²) >= 11 is 16.0. The summed E-state index contributed by atoms with van der Waals surface area (Å²) in [5.41, 5.74) is 1.08. The first-order valence-corrected chi connectivity index (χ1v) is 12.8. The lowest BCUT2D eigenvalue weighted by Crippen LogP contribution is -2.54. The van der Waals surface area contributed by atoms with E-state index in [1.165, 1.54) is 0 Å². The van der Waals surface area contributed by atoms with E-state index in [9.17, 15) is 9.59 Å². The number of rotatable bonds is 7. The molecule has 0 aromatic heterocycles. The first-order valence-electron chi connectivity index (χ1n) is 11.3. The highest BCUT2D eigenvalue weighted by Crippen LogP contribution is 2.51. The molecule has 1 atom stereocenters. The zero-order chi connectivity index (χ0) is 23.6. The first kappa shape index (κ1) is 24.5. The molecule has 0 bridgehead atoms. The Hall–Kier alpha value is -1.60. The maximum Gasteiger partial charge on any atom is 0.245 e. The molecule has 2 aliphatic rings. The number of nitrogens with zero attached hydrogens (tertiary/aromatic N) is 1. The lowest BCUT2D eigenvalue weighted by molar-refractivity contribution is -0.138. The fourth-order valence-corrected chi connectivity index (χ4v) is 5.44. The van der Waals surface area contributed by atoms with Crippen molar-refractivity contribution in [2.45, 2.75) is 49.6 Å². The molecule has 0 spiro atoms. The summed E-state index contributed by atoms with van der Waals surface area (Å²) < 4.78 is 0.974. The number of carbonyl (C=O) groups is 2. The Labute approximate surface area is 213 Å². The van der Waals surface area contributed by atoms with E-state index in [-0.39, 0.29) is 11.8 Å². The largest absolute Gasteiger partial charge is 0.343 e. The van der Waals surface area contributed by atoms with E-state index < -0.39 is 11.5 Å². The summed E-state index contributed by atoms with van der Waals surface area (Å²) in [6.07, 6.45) is 3.66. The van der Waals surface area contributed by atoms with Gasteiger partial charge in [-0.25, -0.2) is 0 Å². The molecule has 1 aliphatic carbocycles. The van der Waals surface area contributed by atoms with Crippen molar-refractivity contribution in [1.29, 1.82) is 0 Å². The van der Waals surface area contributed by atoms with E-state index in [0.717, 1.165) is 28.4 Å². The standard InChI is InChI=1S/C25H28BrCl2N3O2/c1-29-19-8-12-31(13-9-19)23(32)22(14-16-2-4-17(26)5-3-16)30-24(33)25(10-11-25)20-7-6-18(27)15-21(20)28/h2-7,15,19,22,29H,8-14H2,1H3,(H,30,33)/t22-/m0/s1. The lowest BCUT2D eigenvalue weighted by Gasteiger charge is -2.34. The minimum Gasteiger partial charge on any atom is -0.343 e. The van der Waals surface area contributed by atoms with Crippen LogP contribution in [0, 0.1) is 0 Å². The number of nitrogens with one attached hydrogen (secondary N) is 2. The van der Waals surface area contributed by atoms with Crippen LogP contribution in [-0.2, 0) is 21.4 Å². The van der Waals surface area contributed by atoms with Gasteiger partial charge in [0, 0.05) is 40.1 Å². The topological polar surface area (TPSA) is 61.4 Å². The highest BCUT2D eigenvalue weighted by atomic mass is 79.9. The molecule has 1 aliphatic heterocycles. The summed E-state index contributed by atoms with van der Waals surface area (Å²) in [7, 11) is 1.95. The van der Waals surface area contributed by atoms with Crippen LogP contribution in [0.2, 0.25) is 10.0 Å². The van der Waals surface area contributed by atoms with Crippen LogP contribution < -0.4 is 10.6 Å². The summed E-state index contributed by atoms with van der Waals surface area (Å²) in [6, 6.07) is 12.9. The molecular formula is C25H28BrCl2N3O2. The SMILES string of the molecule is CNC1CCN(C(=O)[C@H](Cc2ccc(Br)cc2)NC(=O)C2(c3ccc(Cl)cc3Cl)CC2)CC1. The molecule has 1 heterocycles. The Morgan fingerprint density at radius 1 is 1.12 bits per heavy atom. The highest BCUT2D eigenvalue weighted by molar-refractivity contribution is 9.10. The molecule has 33 heavy (non-hydrogen) atoms. The third kappa shape index (κ3) is 5.56. The fraction of sp³-hybridized carbons (Fsp3) is 0.440. The number of carbonyl (C=O) groups excluding carboxylic acids is 2. The van der Waals surface area contributed by atoms with Crippen molar-refractivity contribution in [2.24, 2.45) is 0 Å². The van der Waals surface area contributed by atoms with Gasteiger partial charge in [0.1, 0.15) is 6.04 Å². The summed E-state index contributed by atoms with van der Waals surface area (Å²) in [6.45, 7) is 1.37. The molecule has 5 nitrogen and oxygen atoms in total. The number of benzene rings is 2. The third-order valence-corrected chi connectivity index (χ3v) is 7.88. The van der Waals surface area contributed by atoms with Gasteiger partial charge >= 0.3 is 0 Å². The van der Waals surface area contributed by atoms with Crippen molar-refractivity contribution in [1.82, 2.24) is 15.5 Å². The van der Waals surface area contributed by atoms with Gasteiger partial charge in [-0.15, -0.1) is 0 Å². The molecule has 8 heteroatoms. The predicted molar refractivity (Wildman–Crippen MR) is 136 cm³/mol. The molecule has 2 aromatic carbocycles. The van der Waals surface area contributed by atoms with E-state index in [0.29, 0.717) is 48.4 Å². The Morgan fingerprint density at radius 3 is 2.36 bits per heavy atom. The predicted octanol–water partition coefficient (Wildman–Crippen LogP) is 4.73. The molecule has 2 fully saturated rings. The summed E-state index contributed by atoms with van der Waals surface area (Å²) in [4.78, 5) is 28.9. The van der Waals surface area contributed by atoms with Crippen molar-refractivity contribution < 1.29 is 9.59 Å². The summed E-state index contributed by atoms with van der Waals surface area (Å²) in [5.74, 6) is -0.175. The van der Waals surface area contributed by atoms with Crippen LogP contribution in [0.25, 0.3) is 0 Å². The monoisotopic (exact) mass is 551 g/mol. The Kier molecular flexibility index (Phi) is 7.69. The van der Waals surface area contributed by atoms with Crippen molar-refractivity contribution >= 4 is 50.9 Å². The van der Waals surface area contributed by atoms with E-state index in [2.05, 4.69) is 26.6 Å². The second-order valence-electron chi connectivity index (χ2n) is 8.95. The van der Waals surface area contributed by atoms with Crippen molar-refractivity contribution in [3.63, 3.8) is 0 Å². The van der Waals surface area contributed by atoms with Gasteiger partial charge in [-0.2, -0.15) is 0 Å².